The van der Waals surface area contributed by atoms with Crippen LogP contribution in [0.2, 0.25) is 0 Å². The lowest BCUT2D eigenvalue weighted by Gasteiger charge is -2.31. The highest BCUT2D eigenvalue weighted by atomic mass is 35.5. The summed E-state index contributed by atoms with van der Waals surface area (Å²) >= 11 is 0. The molecule has 1 aromatic heterocycles. The van der Waals surface area contributed by atoms with Crippen LogP contribution < -0.4 is 10.1 Å². The molecule has 0 amide bonds. The van der Waals surface area contributed by atoms with Crippen LogP contribution in [0.4, 0.5) is 13.2 Å². The predicted octanol–water partition coefficient (Wildman–Crippen LogP) is 2.06. The second kappa shape index (κ2) is 9.02. The predicted molar refractivity (Wildman–Crippen MR) is 88.4 cm³/mol. The second-order valence-corrected chi connectivity index (χ2v) is 7.60. The average Bonchev–Trinajstić information content (AvgIpc) is 2.53. The first-order valence-electron chi connectivity index (χ1n) is 7.53. The lowest BCUT2D eigenvalue weighted by molar-refractivity contribution is -0.154. The van der Waals surface area contributed by atoms with Crippen LogP contribution in [-0.4, -0.2) is 57.2 Å². The monoisotopic (exact) mass is 403 g/mol. The molecular formula is C14H21ClF3N3O3S. The molecule has 1 aliphatic rings. The van der Waals surface area contributed by atoms with Crippen molar-refractivity contribution in [3.8, 4) is 5.88 Å². The number of aromatic nitrogens is 1. The molecule has 0 aromatic carbocycles. The number of hydrogen-bond donors (Lipinski definition) is 1. The van der Waals surface area contributed by atoms with E-state index < -0.39 is 22.8 Å². The van der Waals surface area contributed by atoms with Gasteiger partial charge in [0, 0.05) is 19.2 Å². The van der Waals surface area contributed by atoms with Crippen molar-refractivity contribution in [2.24, 2.45) is 5.92 Å². The van der Waals surface area contributed by atoms with E-state index in [1.807, 2.05) is 7.05 Å². The van der Waals surface area contributed by atoms with Gasteiger partial charge in [0.05, 0.1) is 6.20 Å². The fourth-order valence-electron chi connectivity index (χ4n) is 2.61. The molecule has 6 nitrogen and oxygen atoms in total. The second-order valence-electron chi connectivity index (χ2n) is 5.66. The summed E-state index contributed by atoms with van der Waals surface area (Å²) in [5.74, 6) is -0.0288. The first kappa shape index (κ1) is 21.9. The van der Waals surface area contributed by atoms with Crippen LogP contribution in [0.5, 0.6) is 5.88 Å². The molecule has 2 rings (SSSR count). The molecule has 1 aliphatic heterocycles. The summed E-state index contributed by atoms with van der Waals surface area (Å²) in [5.41, 5.74) is 0. The molecule has 11 heteroatoms. The Morgan fingerprint density at radius 3 is 2.68 bits per heavy atom. The standard InChI is InChI=1S/C14H20F3N3O3S.ClH/c1-18-7-11-3-2-6-20(9-11)24(21,22)12-4-5-13(19-8-12)23-10-14(15,16)17;/h4-5,8,11,18H,2-3,6-7,9-10H2,1H3;1H. The van der Waals surface area contributed by atoms with Gasteiger partial charge in [-0.05, 0) is 38.4 Å². The maximum atomic E-state index is 12.6. The summed E-state index contributed by atoms with van der Waals surface area (Å²) in [5, 5.41) is 3.04. The van der Waals surface area contributed by atoms with Gasteiger partial charge in [-0.1, -0.05) is 0 Å². The van der Waals surface area contributed by atoms with Gasteiger partial charge in [0.25, 0.3) is 0 Å². The third-order valence-corrected chi connectivity index (χ3v) is 5.55. The third kappa shape index (κ3) is 6.28. The molecule has 0 bridgehead atoms. The van der Waals surface area contributed by atoms with Gasteiger partial charge in [0.15, 0.2) is 6.61 Å². The Bertz CT molecular complexity index is 639. The highest BCUT2D eigenvalue weighted by Gasteiger charge is 2.31. The van der Waals surface area contributed by atoms with Crippen molar-refractivity contribution in [3.05, 3.63) is 18.3 Å². The maximum Gasteiger partial charge on any atom is 0.422 e. The fraction of sp³-hybridized carbons (Fsp3) is 0.643. The van der Waals surface area contributed by atoms with Crippen LogP contribution in [0.3, 0.4) is 0 Å². The SMILES string of the molecule is CNCC1CCCN(S(=O)(=O)c2ccc(OCC(F)(F)F)nc2)C1.Cl. The molecule has 25 heavy (non-hydrogen) atoms. The van der Waals surface area contributed by atoms with Gasteiger partial charge in [0.2, 0.25) is 15.9 Å². The topological polar surface area (TPSA) is 71.5 Å². The van der Waals surface area contributed by atoms with Gasteiger partial charge < -0.3 is 10.1 Å². The Kier molecular flexibility index (Phi) is 7.91. The summed E-state index contributed by atoms with van der Waals surface area (Å²) in [6.45, 7) is 0.1000. The van der Waals surface area contributed by atoms with Crippen LogP contribution in [-0.2, 0) is 10.0 Å². The zero-order valence-corrected chi connectivity index (χ0v) is 15.3. The number of hydrogen-bond acceptors (Lipinski definition) is 5. The minimum atomic E-state index is -4.47. The molecule has 144 valence electrons. The molecule has 1 unspecified atom stereocenters. The highest BCUT2D eigenvalue weighted by molar-refractivity contribution is 7.89. The summed E-state index contributed by atoms with van der Waals surface area (Å²) < 4.78 is 67.4. The Morgan fingerprint density at radius 2 is 2.12 bits per heavy atom. The summed E-state index contributed by atoms with van der Waals surface area (Å²) in [6, 6.07) is 2.35. The van der Waals surface area contributed by atoms with E-state index in [2.05, 4.69) is 15.0 Å². The van der Waals surface area contributed by atoms with Crippen LogP contribution in [0.1, 0.15) is 12.8 Å². The fourth-order valence-corrected chi connectivity index (χ4v) is 4.11. The number of alkyl halides is 3. The quantitative estimate of drug-likeness (QED) is 0.787. The van der Waals surface area contributed by atoms with Crippen molar-refractivity contribution in [2.45, 2.75) is 23.9 Å². The van der Waals surface area contributed by atoms with Crippen molar-refractivity contribution in [2.75, 3.05) is 33.3 Å². The van der Waals surface area contributed by atoms with E-state index in [4.69, 9.17) is 0 Å². The first-order valence-corrected chi connectivity index (χ1v) is 8.97. The minimum absolute atomic E-state index is 0. The zero-order valence-electron chi connectivity index (χ0n) is 13.6. The van der Waals surface area contributed by atoms with Gasteiger partial charge in [-0.25, -0.2) is 13.4 Å². The molecule has 0 radical (unpaired) electrons. The van der Waals surface area contributed by atoms with E-state index in [0.717, 1.165) is 31.6 Å². The van der Waals surface area contributed by atoms with Gasteiger partial charge in [-0.2, -0.15) is 17.5 Å². The van der Waals surface area contributed by atoms with Gasteiger partial charge in [0.1, 0.15) is 4.90 Å². The number of ether oxygens (including phenoxy) is 1. The Morgan fingerprint density at radius 1 is 1.40 bits per heavy atom. The smallest absolute Gasteiger partial charge is 0.422 e. The lowest BCUT2D eigenvalue weighted by Crippen LogP contribution is -2.42. The molecule has 0 saturated carbocycles. The molecule has 1 aromatic rings. The van der Waals surface area contributed by atoms with E-state index in [-0.39, 0.29) is 29.1 Å². The number of halogens is 4. The normalized spacial score (nSPS) is 19.3. The summed E-state index contributed by atoms with van der Waals surface area (Å²) in [6.07, 6.45) is -1.72. The van der Waals surface area contributed by atoms with Crippen molar-refractivity contribution >= 4 is 22.4 Å². The van der Waals surface area contributed by atoms with Crippen molar-refractivity contribution in [1.82, 2.24) is 14.6 Å². The average molecular weight is 404 g/mol. The number of sulfonamides is 1. The van der Waals surface area contributed by atoms with E-state index in [9.17, 15) is 21.6 Å². The van der Waals surface area contributed by atoms with Gasteiger partial charge in [-0.15, -0.1) is 12.4 Å². The van der Waals surface area contributed by atoms with Crippen molar-refractivity contribution in [1.29, 1.82) is 0 Å². The van der Waals surface area contributed by atoms with Gasteiger partial charge in [-0.3, -0.25) is 0 Å². The lowest BCUT2D eigenvalue weighted by atomic mass is 10.00. The first-order chi connectivity index (χ1) is 11.2. The van der Waals surface area contributed by atoms with E-state index in [0.29, 0.717) is 13.1 Å². The Balaban J connectivity index is 0.00000312. The Hall–Kier alpha value is -1.10. The zero-order chi connectivity index (χ0) is 17.8. The number of nitrogens with one attached hydrogen (secondary N) is 1. The molecule has 0 aliphatic carbocycles. The van der Waals surface area contributed by atoms with Crippen LogP contribution in [0, 0.1) is 5.92 Å². The molecule has 1 saturated heterocycles. The van der Waals surface area contributed by atoms with Crippen LogP contribution >= 0.6 is 12.4 Å². The van der Waals surface area contributed by atoms with E-state index in [1.165, 1.54) is 10.4 Å². The molecule has 1 N–H and O–H groups in total. The molecule has 1 fully saturated rings. The maximum absolute atomic E-state index is 12.6. The van der Waals surface area contributed by atoms with E-state index in [1.54, 1.807) is 0 Å². The molecular weight excluding hydrogens is 383 g/mol. The minimum Gasteiger partial charge on any atom is -0.468 e. The summed E-state index contributed by atoms with van der Waals surface area (Å²) in [7, 11) is -1.89. The van der Waals surface area contributed by atoms with Crippen molar-refractivity contribution < 1.29 is 26.3 Å². The van der Waals surface area contributed by atoms with Crippen LogP contribution in [0.25, 0.3) is 0 Å². The number of pyridine rings is 1. The van der Waals surface area contributed by atoms with Gasteiger partial charge >= 0.3 is 6.18 Å². The van der Waals surface area contributed by atoms with E-state index >= 15 is 0 Å². The largest absolute Gasteiger partial charge is 0.468 e. The third-order valence-electron chi connectivity index (χ3n) is 3.71. The molecule has 0 spiro atoms. The highest BCUT2D eigenvalue weighted by Crippen LogP contribution is 2.24. The summed E-state index contributed by atoms with van der Waals surface area (Å²) in [4.78, 5) is 3.61. The number of piperidine rings is 1. The van der Waals surface area contributed by atoms with Crippen LogP contribution in [0.15, 0.2) is 23.2 Å². The Labute approximate surface area is 151 Å². The molecule has 1 atom stereocenters. The number of rotatable bonds is 6. The number of nitrogens with zero attached hydrogens (tertiary/aromatic N) is 2. The van der Waals surface area contributed by atoms with Crippen molar-refractivity contribution in [3.63, 3.8) is 0 Å². The molecule has 2 heterocycles.